The molecule has 1 heterocycles. The van der Waals surface area contributed by atoms with Crippen LogP contribution in [-0.4, -0.2) is 23.2 Å². The standard InChI is InChI=1S/C15H14N4O2S2/c1-10-2-4-11(5-3-10)14-17-18-15(22)19(14)12-6-8-13(9-7-12)23(16,20)21/h2-9H,1H3,(H,18,22)(H2,16,20,21). The Hall–Kier alpha value is -2.29. The van der Waals surface area contributed by atoms with Crippen LogP contribution in [0.15, 0.2) is 53.4 Å². The second kappa shape index (κ2) is 5.73. The maximum absolute atomic E-state index is 11.3. The molecule has 0 aliphatic heterocycles. The van der Waals surface area contributed by atoms with Gasteiger partial charge in [0.2, 0.25) is 10.0 Å². The van der Waals surface area contributed by atoms with Gasteiger partial charge in [0, 0.05) is 5.56 Å². The van der Waals surface area contributed by atoms with E-state index in [0.717, 1.165) is 11.1 Å². The molecule has 1 aromatic heterocycles. The average Bonchev–Trinajstić information content (AvgIpc) is 2.89. The minimum atomic E-state index is -3.72. The van der Waals surface area contributed by atoms with E-state index in [1.165, 1.54) is 12.1 Å². The third kappa shape index (κ3) is 3.09. The van der Waals surface area contributed by atoms with Gasteiger partial charge in [-0.15, -0.1) is 0 Å². The number of aromatic nitrogens is 3. The molecule has 0 bridgehead atoms. The van der Waals surface area contributed by atoms with Gasteiger partial charge in [-0.3, -0.25) is 9.67 Å². The van der Waals surface area contributed by atoms with Crippen molar-refractivity contribution < 1.29 is 8.42 Å². The fourth-order valence-electron chi connectivity index (χ4n) is 2.22. The van der Waals surface area contributed by atoms with Crippen LogP contribution < -0.4 is 5.14 Å². The molecule has 0 radical (unpaired) electrons. The summed E-state index contributed by atoms with van der Waals surface area (Å²) in [5.41, 5.74) is 2.75. The molecule has 6 nitrogen and oxygen atoms in total. The van der Waals surface area contributed by atoms with Gasteiger partial charge in [-0.05, 0) is 43.4 Å². The van der Waals surface area contributed by atoms with E-state index < -0.39 is 10.0 Å². The lowest BCUT2D eigenvalue weighted by atomic mass is 10.1. The lowest BCUT2D eigenvalue weighted by Gasteiger charge is -2.08. The number of nitrogens with zero attached hydrogens (tertiary/aromatic N) is 2. The van der Waals surface area contributed by atoms with Gasteiger partial charge in [0.25, 0.3) is 0 Å². The molecule has 0 saturated heterocycles. The highest BCUT2D eigenvalue weighted by molar-refractivity contribution is 7.89. The number of H-pyrrole nitrogens is 1. The van der Waals surface area contributed by atoms with Crippen molar-refractivity contribution in [2.24, 2.45) is 5.14 Å². The highest BCUT2D eigenvalue weighted by Crippen LogP contribution is 2.22. The quantitative estimate of drug-likeness (QED) is 0.713. The van der Waals surface area contributed by atoms with Crippen molar-refractivity contribution in [3.8, 4) is 17.1 Å². The van der Waals surface area contributed by atoms with E-state index in [1.807, 2.05) is 31.2 Å². The number of nitrogens with one attached hydrogen (secondary N) is 1. The third-order valence-corrected chi connectivity index (χ3v) is 4.61. The summed E-state index contributed by atoms with van der Waals surface area (Å²) in [5, 5.41) is 12.1. The molecule has 0 aliphatic rings. The zero-order valence-corrected chi connectivity index (χ0v) is 13.9. The maximum Gasteiger partial charge on any atom is 0.238 e. The number of primary sulfonamides is 1. The molecule has 118 valence electrons. The number of hydrogen-bond donors (Lipinski definition) is 2. The Morgan fingerprint density at radius 1 is 1.09 bits per heavy atom. The number of aromatic amines is 1. The number of aryl methyl sites for hydroxylation is 1. The highest BCUT2D eigenvalue weighted by Gasteiger charge is 2.12. The summed E-state index contributed by atoms with van der Waals surface area (Å²) in [5.74, 6) is 0.651. The van der Waals surface area contributed by atoms with Crippen molar-refractivity contribution >= 4 is 22.2 Å². The van der Waals surface area contributed by atoms with Crippen molar-refractivity contribution in [1.29, 1.82) is 0 Å². The predicted octanol–water partition coefficient (Wildman–Crippen LogP) is 2.55. The van der Waals surface area contributed by atoms with Crippen LogP contribution in [0.4, 0.5) is 0 Å². The van der Waals surface area contributed by atoms with Crippen LogP contribution in [0.2, 0.25) is 0 Å². The summed E-state index contributed by atoms with van der Waals surface area (Å²) in [7, 11) is -3.72. The molecule has 23 heavy (non-hydrogen) atoms. The summed E-state index contributed by atoms with van der Waals surface area (Å²) < 4.78 is 24.9. The number of benzene rings is 2. The zero-order chi connectivity index (χ0) is 16.6. The SMILES string of the molecule is Cc1ccc(-c2n[nH]c(=S)n2-c2ccc(S(N)(=O)=O)cc2)cc1. The lowest BCUT2D eigenvalue weighted by molar-refractivity contribution is 0.598. The zero-order valence-electron chi connectivity index (χ0n) is 12.2. The van der Waals surface area contributed by atoms with Gasteiger partial charge in [-0.25, -0.2) is 13.6 Å². The van der Waals surface area contributed by atoms with Gasteiger partial charge in [0.1, 0.15) is 0 Å². The first-order valence-corrected chi connectivity index (χ1v) is 8.69. The Bertz CT molecular complexity index is 1000. The molecule has 0 fully saturated rings. The predicted molar refractivity (Wildman–Crippen MR) is 90.3 cm³/mol. The second-order valence-electron chi connectivity index (χ2n) is 5.09. The van der Waals surface area contributed by atoms with Gasteiger partial charge in [-0.2, -0.15) is 5.10 Å². The van der Waals surface area contributed by atoms with Gasteiger partial charge in [0.05, 0.1) is 10.6 Å². The minimum absolute atomic E-state index is 0.0492. The van der Waals surface area contributed by atoms with Gasteiger partial charge < -0.3 is 0 Å². The summed E-state index contributed by atoms with van der Waals surface area (Å²) in [4.78, 5) is 0.0492. The van der Waals surface area contributed by atoms with E-state index in [-0.39, 0.29) is 4.90 Å². The van der Waals surface area contributed by atoms with Crippen LogP contribution in [0.25, 0.3) is 17.1 Å². The van der Waals surface area contributed by atoms with E-state index >= 15 is 0 Å². The van der Waals surface area contributed by atoms with E-state index in [0.29, 0.717) is 16.3 Å². The molecule has 0 aliphatic carbocycles. The smallest absolute Gasteiger partial charge is 0.238 e. The Morgan fingerprint density at radius 2 is 1.70 bits per heavy atom. The topological polar surface area (TPSA) is 93.8 Å². The van der Waals surface area contributed by atoms with Crippen LogP contribution in [0.3, 0.4) is 0 Å². The molecule has 3 aromatic rings. The number of nitrogens with two attached hydrogens (primary N) is 1. The number of hydrogen-bond acceptors (Lipinski definition) is 4. The molecule has 3 N–H and O–H groups in total. The number of rotatable bonds is 3. The molecule has 0 spiro atoms. The first-order valence-electron chi connectivity index (χ1n) is 6.74. The molecule has 0 saturated carbocycles. The first kappa shape index (κ1) is 15.6. The van der Waals surface area contributed by atoms with Crippen LogP contribution >= 0.6 is 12.2 Å². The summed E-state index contributed by atoms with van der Waals surface area (Å²) in [6, 6.07) is 14.1. The first-order chi connectivity index (χ1) is 10.9. The van der Waals surface area contributed by atoms with Crippen molar-refractivity contribution in [3.63, 3.8) is 0 Å². The van der Waals surface area contributed by atoms with E-state index in [2.05, 4.69) is 10.2 Å². The molecule has 2 aromatic carbocycles. The van der Waals surface area contributed by atoms with E-state index in [9.17, 15) is 8.42 Å². The Balaban J connectivity index is 2.12. The van der Waals surface area contributed by atoms with Gasteiger partial charge in [0.15, 0.2) is 10.6 Å². The molecule has 0 unspecified atom stereocenters. The Morgan fingerprint density at radius 3 is 2.26 bits per heavy atom. The van der Waals surface area contributed by atoms with Crippen molar-refractivity contribution in [1.82, 2.24) is 14.8 Å². The van der Waals surface area contributed by atoms with Gasteiger partial charge in [-0.1, -0.05) is 29.8 Å². The van der Waals surface area contributed by atoms with Crippen LogP contribution in [0.5, 0.6) is 0 Å². The van der Waals surface area contributed by atoms with Crippen molar-refractivity contribution in [2.45, 2.75) is 11.8 Å². The Kier molecular flexibility index (Phi) is 3.88. The average molecular weight is 346 g/mol. The fourth-order valence-corrected chi connectivity index (χ4v) is 2.97. The van der Waals surface area contributed by atoms with Crippen LogP contribution in [-0.2, 0) is 10.0 Å². The van der Waals surface area contributed by atoms with Gasteiger partial charge >= 0.3 is 0 Å². The Labute approximate surface area is 138 Å². The summed E-state index contributed by atoms with van der Waals surface area (Å²) in [6.07, 6.45) is 0. The monoisotopic (exact) mass is 346 g/mol. The molecule has 3 rings (SSSR count). The van der Waals surface area contributed by atoms with Crippen molar-refractivity contribution in [3.05, 3.63) is 58.9 Å². The molecule has 0 amide bonds. The van der Waals surface area contributed by atoms with E-state index in [4.69, 9.17) is 17.4 Å². The van der Waals surface area contributed by atoms with Crippen LogP contribution in [0, 0.1) is 11.7 Å². The summed E-state index contributed by atoms with van der Waals surface area (Å²) in [6.45, 7) is 2.01. The van der Waals surface area contributed by atoms with E-state index in [1.54, 1.807) is 16.7 Å². The highest BCUT2D eigenvalue weighted by atomic mass is 32.2. The lowest BCUT2D eigenvalue weighted by Crippen LogP contribution is -2.12. The minimum Gasteiger partial charge on any atom is -0.268 e. The molecular formula is C15H14N4O2S2. The summed E-state index contributed by atoms with van der Waals surface area (Å²) >= 11 is 5.29. The fraction of sp³-hybridized carbons (Fsp3) is 0.0667. The van der Waals surface area contributed by atoms with Crippen LogP contribution in [0.1, 0.15) is 5.56 Å². The molecular weight excluding hydrogens is 332 g/mol. The molecule has 0 atom stereocenters. The number of sulfonamides is 1. The maximum atomic E-state index is 11.3. The second-order valence-corrected chi connectivity index (χ2v) is 7.04. The third-order valence-electron chi connectivity index (χ3n) is 3.41. The van der Waals surface area contributed by atoms with Crippen molar-refractivity contribution in [2.75, 3.05) is 0 Å². The normalized spacial score (nSPS) is 11.6. The largest absolute Gasteiger partial charge is 0.268 e. The molecule has 8 heteroatoms.